The van der Waals surface area contributed by atoms with Crippen molar-refractivity contribution in [2.75, 3.05) is 0 Å². The molecule has 25 heavy (non-hydrogen) atoms. The molecule has 4 rings (SSSR count). The Hall–Kier alpha value is -2.96. The van der Waals surface area contributed by atoms with E-state index in [1.165, 1.54) is 12.3 Å². The lowest BCUT2D eigenvalue weighted by Gasteiger charge is -2.16. The highest BCUT2D eigenvalue weighted by Gasteiger charge is 2.21. The van der Waals surface area contributed by atoms with Gasteiger partial charge in [-0.1, -0.05) is 36.2 Å². The fraction of sp³-hybridized carbons (Fsp3) is 0.333. The van der Waals surface area contributed by atoms with E-state index in [0.717, 1.165) is 31.1 Å². The number of benzene rings is 1. The van der Waals surface area contributed by atoms with Crippen LogP contribution >= 0.6 is 0 Å². The molecule has 0 unspecified atom stereocenters. The molecule has 0 spiro atoms. The van der Waals surface area contributed by atoms with Crippen molar-refractivity contribution in [1.82, 2.24) is 20.3 Å². The van der Waals surface area contributed by atoms with Crippen molar-refractivity contribution in [3.63, 3.8) is 0 Å². The van der Waals surface area contributed by atoms with Crippen LogP contribution in [-0.2, 0) is 6.54 Å². The third kappa shape index (κ3) is 2.93. The topological polar surface area (TPSA) is 90.0 Å². The maximum atomic E-state index is 12.8. The smallest absolute Gasteiger partial charge is 0.290 e. The summed E-state index contributed by atoms with van der Waals surface area (Å²) in [4.78, 5) is 24.9. The van der Waals surface area contributed by atoms with Crippen LogP contribution < -0.4 is 10.9 Å². The summed E-state index contributed by atoms with van der Waals surface area (Å²) in [5.41, 5.74) is 0.614. The first-order valence-corrected chi connectivity index (χ1v) is 8.43. The van der Waals surface area contributed by atoms with Crippen LogP contribution in [-0.4, -0.2) is 20.8 Å². The largest absolute Gasteiger partial charge is 0.351 e. The van der Waals surface area contributed by atoms with Crippen LogP contribution in [0.1, 0.15) is 48.0 Å². The number of carbonyl (C=O) groups is 1. The SMILES string of the molecule is O=C(NCc1nn(C2CCCC2)c(=O)c2ccccc12)c1ccno1. The van der Waals surface area contributed by atoms with Crippen molar-refractivity contribution in [2.24, 2.45) is 0 Å². The number of nitrogens with one attached hydrogen (secondary N) is 1. The molecule has 3 aromatic rings. The summed E-state index contributed by atoms with van der Waals surface area (Å²) in [6.07, 6.45) is 5.58. The Morgan fingerprint density at radius 2 is 1.96 bits per heavy atom. The van der Waals surface area contributed by atoms with Crippen LogP contribution in [0.4, 0.5) is 0 Å². The van der Waals surface area contributed by atoms with Gasteiger partial charge in [0, 0.05) is 11.5 Å². The van der Waals surface area contributed by atoms with E-state index in [1.54, 1.807) is 4.68 Å². The molecule has 7 nitrogen and oxygen atoms in total. The molecule has 7 heteroatoms. The minimum absolute atomic E-state index is 0.0622. The second kappa shape index (κ2) is 6.51. The molecule has 0 radical (unpaired) electrons. The van der Waals surface area contributed by atoms with Crippen LogP contribution in [0, 0.1) is 0 Å². The van der Waals surface area contributed by atoms with Crippen molar-refractivity contribution >= 4 is 16.7 Å². The number of nitrogens with zero attached hydrogens (tertiary/aromatic N) is 3. The van der Waals surface area contributed by atoms with Crippen LogP contribution in [0.25, 0.3) is 10.8 Å². The second-order valence-corrected chi connectivity index (χ2v) is 6.24. The zero-order chi connectivity index (χ0) is 17.2. The average Bonchev–Trinajstić information content (AvgIpc) is 3.35. The molecule has 2 aromatic heterocycles. The van der Waals surface area contributed by atoms with Crippen molar-refractivity contribution < 1.29 is 9.32 Å². The van der Waals surface area contributed by atoms with E-state index in [0.29, 0.717) is 11.1 Å². The average molecular weight is 338 g/mol. The van der Waals surface area contributed by atoms with Crippen LogP contribution in [0.3, 0.4) is 0 Å². The summed E-state index contributed by atoms with van der Waals surface area (Å²) in [6.45, 7) is 0.215. The van der Waals surface area contributed by atoms with Gasteiger partial charge in [-0.3, -0.25) is 9.59 Å². The van der Waals surface area contributed by atoms with Crippen LogP contribution in [0.5, 0.6) is 0 Å². The summed E-state index contributed by atoms with van der Waals surface area (Å²) in [5, 5.41) is 12.3. The maximum absolute atomic E-state index is 12.8. The molecule has 1 saturated carbocycles. The summed E-state index contributed by atoms with van der Waals surface area (Å²) in [7, 11) is 0. The molecule has 1 fully saturated rings. The monoisotopic (exact) mass is 338 g/mol. The van der Waals surface area contributed by atoms with Gasteiger partial charge in [0.25, 0.3) is 11.5 Å². The van der Waals surface area contributed by atoms with E-state index in [1.807, 2.05) is 24.3 Å². The lowest BCUT2D eigenvalue weighted by Crippen LogP contribution is -2.30. The molecule has 0 saturated heterocycles. The minimum Gasteiger partial charge on any atom is -0.351 e. The maximum Gasteiger partial charge on any atom is 0.290 e. The number of hydrogen-bond acceptors (Lipinski definition) is 5. The highest BCUT2D eigenvalue weighted by Crippen LogP contribution is 2.28. The Labute approximate surface area is 143 Å². The molecule has 128 valence electrons. The Kier molecular flexibility index (Phi) is 4.05. The molecule has 0 aliphatic heterocycles. The summed E-state index contributed by atoms with van der Waals surface area (Å²) >= 11 is 0. The quantitative estimate of drug-likeness (QED) is 0.789. The van der Waals surface area contributed by atoms with Gasteiger partial charge in [-0.2, -0.15) is 5.10 Å². The summed E-state index contributed by atoms with van der Waals surface area (Å²) < 4.78 is 6.46. The van der Waals surface area contributed by atoms with Gasteiger partial charge < -0.3 is 9.84 Å². The molecular weight excluding hydrogens is 320 g/mol. The van der Waals surface area contributed by atoms with Gasteiger partial charge in [-0.15, -0.1) is 0 Å². The van der Waals surface area contributed by atoms with Crippen LogP contribution in [0.15, 0.2) is 45.8 Å². The predicted octanol–water partition coefficient (Wildman–Crippen LogP) is 2.43. The van der Waals surface area contributed by atoms with E-state index in [9.17, 15) is 9.59 Å². The van der Waals surface area contributed by atoms with E-state index < -0.39 is 0 Å². The van der Waals surface area contributed by atoms with E-state index >= 15 is 0 Å². The Morgan fingerprint density at radius 1 is 1.20 bits per heavy atom. The molecule has 1 aliphatic carbocycles. The third-order valence-corrected chi connectivity index (χ3v) is 4.65. The zero-order valence-corrected chi connectivity index (χ0v) is 13.6. The molecular formula is C18H18N4O3. The molecule has 1 N–H and O–H groups in total. The van der Waals surface area contributed by atoms with E-state index in [4.69, 9.17) is 4.52 Å². The summed E-state index contributed by atoms with van der Waals surface area (Å²) in [5.74, 6) is -0.213. The Morgan fingerprint density at radius 3 is 2.68 bits per heavy atom. The van der Waals surface area contributed by atoms with Gasteiger partial charge in [-0.25, -0.2) is 4.68 Å². The lowest BCUT2D eigenvalue weighted by molar-refractivity contribution is 0.0913. The van der Waals surface area contributed by atoms with E-state index in [-0.39, 0.29) is 29.8 Å². The molecule has 1 amide bonds. The normalized spacial score (nSPS) is 14.9. The van der Waals surface area contributed by atoms with Gasteiger partial charge >= 0.3 is 0 Å². The highest BCUT2D eigenvalue weighted by atomic mass is 16.5. The predicted molar refractivity (Wildman–Crippen MR) is 91.2 cm³/mol. The Balaban J connectivity index is 1.70. The van der Waals surface area contributed by atoms with Gasteiger partial charge in [-0.05, 0) is 18.9 Å². The lowest BCUT2D eigenvalue weighted by atomic mass is 10.1. The highest BCUT2D eigenvalue weighted by molar-refractivity contribution is 5.91. The standard InChI is InChI=1S/C18H18N4O3/c23-17(16-9-10-20-25-16)19-11-15-13-7-3-4-8-14(13)18(24)22(21-15)12-5-1-2-6-12/h3-4,7-10,12H,1-2,5-6,11H2,(H,19,23). The molecule has 0 atom stereocenters. The fourth-order valence-corrected chi connectivity index (χ4v) is 3.38. The van der Waals surface area contributed by atoms with Crippen molar-refractivity contribution in [3.8, 4) is 0 Å². The first-order valence-electron chi connectivity index (χ1n) is 8.43. The summed E-state index contributed by atoms with van der Waals surface area (Å²) in [6, 6.07) is 9.02. The number of fused-ring (bicyclic) bond motifs is 1. The number of amides is 1. The van der Waals surface area contributed by atoms with Gasteiger partial charge in [0.1, 0.15) is 0 Å². The first kappa shape index (κ1) is 15.6. The van der Waals surface area contributed by atoms with Crippen molar-refractivity contribution in [3.05, 3.63) is 58.3 Å². The Bertz CT molecular complexity index is 956. The minimum atomic E-state index is -0.359. The van der Waals surface area contributed by atoms with Gasteiger partial charge in [0.2, 0.25) is 5.76 Å². The fourth-order valence-electron chi connectivity index (χ4n) is 3.38. The third-order valence-electron chi connectivity index (χ3n) is 4.65. The van der Waals surface area contributed by atoms with Gasteiger partial charge in [0.15, 0.2) is 0 Å². The molecule has 0 bridgehead atoms. The van der Waals surface area contributed by atoms with E-state index in [2.05, 4.69) is 15.6 Å². The van der Waals surface area contributed by atoms with Crippen LogP contribution in [0.2, 0.25) is 0 Å². The molecule has 1 aliphatic rings. The molecule has 1 aromatic carbocycles. The van der Waals surface area contributed by atoms with Crippen molar-refractivity contribution in [2.45, 2.75) is 38.3 Å². The van der Waals surface area contributed by atoms with Gasteiger partial charge in [0.05, 0.1) is 29.9 Å². The zero-order valence-electron chi connectivity index (χ0n) is 13.6. The number of rotatable bonds is 4. The second-order valence-electron chi connectivity index (χ2n) is 6.24. The number of carbonyl (C=O) groups excluding carboxylic acids is 1. The van der Waals surface area contributed by atoms with Crippen molar-refractivity contribution in [1.29, 1.82) is 0 Å². The molecule has 2 heterocycles. The first-order chi connectivity index (χ1) is 12.2. The number of aromatic nitrogens is 3. The number of hydrogen-bond donors (Lipinski definition) is 1.